The van der Waals surface area contributed by atoms with Gasteiger partial charge in [-0.05, 0) is 128 Å². The van der Waals surface area contributed by atoms with E-state index in [1.54, 1.807) is 12.2 Å². The largest absolute Gasteiger partial charge is 0.472 e. The van der Waals surface area contributed by atoms with E-state index in [0.29, 0.717) is 25.7 Å². The zero-order valence-corrected chi connectivity index (χ0v) is 65.0. The maximum Gasteiger partial charge on any atom is 0.472 e. The normalized spacial score (nSPS) is 14.8. The Hall–Kier alpha value is -5.32. The Bertz CT molecular complexity index is 2550. The maximum absolute atomic E-state index is 13.1. The third-order valence-corrected chi connectivity index (χ3v) is 17.4. The summed E-state index contributed by atoms with van der Waals surface area (Å²) in [5.41, 5.74) is 0. The van der Waals surface area contributed by atoms with Crippen molar-refractivity contribution in [3.05, 3.63) is 158 Å². The minimum absolute atomic E-state index is 0.0878. The fourth-order valence-corrected chi connectivity index (χ4v) is 11.3. The van der Waals surface area contributed by atoms with Crippen LogP contribution in [0.4, 0.5) is 0 Å². The minimum Gasteiger partial charge on any atom is -0.462 e. The molecule has 0 amide bonds. The quantitative estimate of drug-likeness (QED) is 0.0169. The van der Waals surface area contributed by atoms with E-state index in [-0.39, 0.29) is 25.7 Å². The predicted molar refractivity (Wildman–Crippen MR) is 417 cm³/mol. The number of unbranched alkanes of at least 4 members (excludes halogenated alkanes) is 20. The third-order valence-electron chi connectivity index (χ3n) is 15.5. The summed E-state index contributed by atoms with van der Waals surface area (Å²) in [4.78, 5) is 72.8. The Kier molecular flexibility index (Phi) is 70.1. The molecule has 0 saturated heterocycles. The summed E-state index contributed by atoms with van der Waals surface area (Å²) in [6, 6.07) is 0. The number of rotatable bonds is 71. The van der Waals surface area contributed by atoms with Gasteiger partial charge in [-0.3, -0.25) is 37.3 Å². The van der Waals surface area contributed by atoms with Gasteiger partial charge in [-0.15, -0.1) is 0 Å². The lowest BCUT2D eigenvalue weighted by atomic mass is 10.1. The van der Waals surface area contributed by atoms with Crippen molar-refractivity contribution < 1.29 is 80.2 Å². The van der Waals surface area contributed by atoms with Crippen LogP contribution in [-0.2, 0) is 65.4 Å². The first-order valence-electron chi connectivity index (χ1n) is 38.7. The summed E-state index contributed by atoms with van der Waals surface area (Å²) >= 11 is 0. The zero-order chi connectivity index (χ0) is 74.6. The molecule has 0 bridgehead atoms. The highest BCUT2D eigenvalue weighted by molar-refractivity contribution is 7.47. The van der Waals surface area contributed by atoms with Gasteiger partial charge in [0.15, 0.2) is 12.2 Å². The molecule has 0 fully saturated rings. The van der Waals surface area contributed by atoms with E-state index in [9.17, 15) is 43.2 Å². The van der Waals surface area contributed by atoms with Crippen molar-refractivity contribution in [1.29, 1.82) is 0 Å². The van der Waals surface area contributed by atoms with E-state index in [1.165, 1.54) is 38.5 Å². The van der Waals surface area contributed by atoms with E-state index >= 15 is 0 Å². The molecule has 5 unspecified atom stereocenters. The van der Waals surface area contributed by atoms with Crippen LogP contribution in [0.2, 0.25) is 0 Å². The van der Waals surface area contributed by atoms with Gasteiger partial charge in [-0.25, -0.2) is 9.13 Å². The van der Waals surface area contributed by atoms with Gasteiger partial charge in [-0.2, -0.15) is 0 Å². The average molecular weight is 1470 g/mol. The van der Waals surface area contributed by atoms with Gasteiger partial charge in [0.05, 0.1) is 32.8 Å². The fourth-order valence-electron chi connectivity index (χ4n) is 9.75. The molecule has 580 valence electrons. The highest BCUT2D eigenvalue weighted by Gasteiger charge is 2.30. The molecular formula is C83H136O17P2. The second-order valence-corrected chi connectivity index (χ2v) is 28.1. The first-order valence-corrected chi connectivity index (χ1v) is 41.7. The second kappa shape index (κ2) is 74.0. The lowest BCUT2D eigenvalue weighted by Gasteiger charge is -2.21. The molecule has 0 aromatic rings. The van der Waals surface area contributed by atoms with Crippen molar-refractivity contribution in [3.63, 3.8) is 0 Å². The third kappa shape index (κ3) is 73.0. The van der Waals surface area contributed by atoms with Gasteiger partial charge >= 0.3 is 39.5 Å². The number of aliphatic hydroxyl groups excluding tert-OH is 1. The Morgan fingerprint density at radius 2 is 0.549 bits per heavy atom. The Morgan fingerprint density at radius 3 is 0.882 bits per heavy atom. The summed E-state index contributed by atoms with van der Waals surface area (Å²) in [5, 5.41) is 10.6. The van der Waals surface area contributed by atoms with E-state index < -0.39 is 97.5 Å². The van der Waals surface area contributed by atoms with Crippen LogP contribution in [0, 0.1) is 0 Å². The molecule has 0 aromatic heterocycles. The van der Waals surface area contributed by atoms with Crippen molar-refractivity contribution in [2.24, 2.45) is 0 Å². The lowest BCUT2D eigenvalue weighted by molar-refractivity contribution is -0.161. The Morgan fingerprint density at radius 1 is 0.294 bits per heavy atom. The van der Waals surface area contributed by atoms with Crippen molar-refractivity contribution in [2.45, 2.75) is 303 Å². The molecule has 17 nitrogen and oxygen atoms in total. The molecule has 0 aliphatic carbocycles. The molecule has 5 atom stereocenters. The number of ether oxygens (including phenoxy) is 4. The van der Waals surface area contributed by atoms with Gasteiger partial charge < -0.3 is 33.8 Å². The number of allylic oxidation sites excluding steroid dienone is 25. The van der Waals surface area contributed by atoms with Crippen LogP contribution in [0.15, 0.2) is 158 Å². The fraction of sp³-hybridized carbons (Fsp3) is 0.639. The molecule has 0 saturated carbocycles. The first-order chi connectivity index (χ1) is 49.7. The van der Waals surface area contributed by atoms with Crippen molar-refractivity contribution in [2.75, 3.05) is 39.6 Å². The number of phosphoric acid groups is 2. The number of esters is 4. The summed E-state index contributed by atoms with van der Waals surface area (Å²) in [7, 11) is -10.0. The minimum atomic E-state index is -5.01. The van der Waals surface area contributed by atoms with E-state index in [2.05, 4.69) is 161 Å². The van der Waals surface area contributed by atoms with Crippen LogP contribution in [0.25, 0.3) is 0 Å². The van der Waals surface area contributed by atoms with Crippen molar-refractivity contribution >= 4 is 39.5 Å². The topological polar surface area (TPSA) is 237 Å². The van der Waals surface area contributed by atoms with Crippen molar-refractivity contribution in [3.8, 4) is 0 Å². The zero-order valence-electron chi connectivity index (χ0n) is 63.2. The first kappa shape index (κ1) is 96.7. The molecule has 0 aliphatic heterocycles. The molecule has 0 radical (unpaired) electrons. The molecule has 0 aliphatic rings. The van der Waals surface area contributed by atoms with E-state index in [0.717, 1.165) is 167 Å². The van der Waals surface area contributed by atoms with Gasteiger partial charge in [0.25, 0.3) is 0 Å². The summed E-state index contributed by atoms with van der Waals surface area (Å²) in [6.45, 7) is 4.35. The highest BCUT2D eigenvalue weighted by Crippen LogP contribution is 2.45. The maximum atomic E-state index is 13.1. The number of carbonyl (C=O) groups excluding carboxylic acids is 4. The lowest BCUT2D eigenvalue weighted by Crippen LogP contribution is -2.30. The van der Waals surface area contributed by atoms with Gasteiger partial charge in [0, 0.05) is 19.3 Å². The molecule has 0 rings (SSSR count). The van der Waals surface area contributed by atoms with Crippen LogP contribution in [0.5, 0.6) is 0 Å². The average Bonchev–Trinajstić information content (AvgIpc) is 0.939. The van der Waals surface area contributed by atoms with E-state index in [4.69, 9.17) is 37.0 Å². The van der Waals surface area contributed by atoms with Crippen LogP contribution in [-0.4, -0.2) is 96.7 Å². The predicted octanol–water partition coefficient (Wildman–Crippen LogP) is 22.4. The summed E-state index contributed by atoms with van der Waals surface area (Å²) < 4.78 is 68.3. The van der Waals surface area contributed by atoms with Gasteiger partial charge in [0.1, 0.15) is 19.3 Å². The number of phosphoric ester groups is 2. The number of aliphatic hydroxyl groups is 1. The Labute approximate surface area is 617 Å². The number of hydrogen-bond donors (Lipinski definition) is 3. The van der Waals surface area contributed by atoms with Crippen LogP contribution >= 0.6 is 15.6 Å². The molecule has 0 spiro atoms. The molecular weight excluding hydrogens is 1330 g/mol. The standard InChI is InChI=1S/C83H136O17P2/c1-5-9-13-17-21-25-29-32-35-37-38-40-43-45-49-52-56-60-64-68-81(86)94-74-79(100-83(88)70-66-62-58-54-50-46-41-34-31-27-23-19-15-11-7-3)76-98-102(91,92)96-72-77(84)71-95-101(89,90)97-75-78(99-82(87)69-65-61-57-53-47-28-24-20-16-12-8-4)73-93-80(85)67-63-59-55-51-48-44-42-39-36-33-30-26-22-18-14-10-6-2/h9-11,13-15,21-23,25-27,32-36,38,40-41,45,49-50,54,62,66,77-79,84H,5-8,12,16-20,24,28-31,37,39,42-44,46-48,51-53,55-61,63-65,67-76H2,1-4H3,(H,89,90)(H,91,92)/b13-9-,14-10-,15-11-,25-21-,26-22-,27-23-,35-32-,36-33-,40-38-,41-34-,49-45-,54-50-,66-62-. The van der Waals surface area contributed by atoms with E-state index in [1.807, 2.05) is 12.2 Å². The summed E-state index contributed by atoms with van der Waals surface area (Å²) in [5.74, 6) is -2.38. The highest BCUT2D eigenvalue weighted by atomic mass is 31.2. The SMILES string of the molecule is CC/C=C\C/C=C\C/C=C\C/C=C\C/C=C\CCCCCC(=O)OCC(COP(=O)(O)OCC(O)COP(=O)(O)OCC(COC(=O)CCCCCCCCC/C=C\C/C=C\C/C=C\CC)OC(=O)CCCCCCCCCCCCC)OC(=O)C/C=C\C/C=C\C/C=C\C/C=C\C/C=C\CC. The summed E-state index contributed by atoms with van der Waals surface area (Å²) in [6.07, 6.45) is 85.5. The molecule has 0 heterocycles. The van der Waals surface area contributed by atoms with Crippen molar-refractivity contribution in [1.82, 2.24) is 0 Å². The van der Waals surface area contributed by atoms with Crippen LogP contribution in [0.1, 0.15) is 285 Å². The molecule has 3 N–H and O–H groups in total. The monoisotopic (exact) mass is 1470 g/mol. The number of hydrogen-bond acceptors (Lipinski definition) is 15. The van der Waals surface area contributed by atoms with Crippen LogP contribution in [0.3, 0.4) is 0 Å². The van der Waals surface area contributed by atoms with Gasteiger partial charge in [0.2, 0.25) is 0 Å². The van der Waals surface area contributed by atoms with Crippen LogP contribution < -0.4 is 0 Å². The molecule has 19 heteroatoms. The van der Waals surface area contributed by atoms with Gasteiger partial charge in [-0.1, -0.05) is 288 Å². The molecule has 0 aromatic carbocycles. The Balaban J connectivity index is 5.43. The number of carbonyl (C=O) groups is 4. The molecule has 102 heavy (non-hydrogen) atoms. The smallest absolute Gasteiger partial charge is 0.462 e. The second-order valence-electron chi connectivity index (χ2n) is 25.2.